The van der Waals surface area contributed by atoms with Crippen molar-refractivity contribution in [1.82, 2.24) is 0 Å². The molecule has 0 radical (unpaired) electrons. The van der Waals surface area contributed by atoms with Crippen molar-refractivity contribution in [2.24, 2.45) is 5.92 Å². The summed E-state index contributed by atoms with van der Waals surface area (Å²) in [5.74, 6) is -0.525. The van der Waals surface area contributed by atoms with Crippen molar-refractivity contribution in [1.29, 1.82) is 0 Å². The lowest BCUT2D eigenvalue weighted by molar-refractivity contribution is -0.149. The maximum atomic E-state index is 12.2. The summed E-state index contributed by atoms with van der Waals surface area (Å²) in [6, 6.07) is 0. The molecule has 8 nitrogen and oxygen atoms in total. The molecule has 0 amide bonds. The van der Waals surface area contributed by atoms with Gasteiger partial charge in [0.2, 0.25) is 0 Å². The smallest absolute Gasteiger partial charge is 0.305 e. The van der Waals surface area contributed by atoms with Gasteiger partial charge < -0.3 is 18.9 Å². The number of hydrogen-bond acceptors (Lipinski definition) is 8. The molecule has 0 N–H and O–H groups in total. The fourth-order valence-electron chi connectivity index (χ4n) is 5.62. The molecule has 0 aliphatic rings. The van der Waals surface area contributed by atoms with E-state index in [1.54, 1.807) is 0 Å². The Hall–Kier alpha value is -2.12. The first-order valence-corrected chi connectivity index (χ1v) is 20.5. The monoisotopic (exact) mass is 697 g/mol. The molecule has 0 aromatic carbocycles. The van der Waals surface area contributed by atoms with E-state index >= 15 is 0 Å². The van der Waals surface area contributed by atoms with Gasteiger partial charge in [-0.05, 0) is 44.9 Å². The van der Waals surface area contributed by atoms with E-state index in [1.807, 2.05) is 6.92 Å². The van der Waals surface area contributed by atoms with Crippen LogP contribution < -0.4 is 0 Å². The second-order valence-corrected chi connectivity index (χ2v) is 13.9. The summed E-state index contributed by atoms with van der Waals surface area (Å²) >= 11 is 0. The van der Waals surface area contributed by atoms with Gasteiger partial charge in [0, 0.05) is 31.6 Å². The lowest BCUT2D eigenvalue weighted by atomic mass is 10.1. The fraction of sp³-hybridized carbons (Fsp3) is 0.902. The van der Waals surface area contributed by atoms with Gasteiger partial charge in [0.15, 0.2) is 0 Å². The quantitative estimate of drug-likeness (QED) is 0.0359. The molecule has 0 saturated carbocycles. The van der Waals surface area contributed by atoms with Gasteiger partial charge in [0.25, 0.3) is 0 Å². The predicted molar refractivity (Wildman–Crippen MR) is 198 cm³/mol. The van der Waals surface area contributed by atoms with Crippen LogP contribution >= 0.6 is 0 Å². The summed E-state index contributed by atoms with van der Waals surface area (Å²) in [5, 5.41) is 0. The normalized spacial score (nSPS) is 11.1. The zero-order valence-corrected chi connectivity index (χ0v) is 32.2. The Kier molecular flexibility index (Phi) is 35.5. The highest BCUT2D eigenvalue weighted by atomic mass is 16.5. The summed E-state index contributed by atoms with van der Waals surface area (Å²) in [7, 11) is 0. The molecule has 0 heterocycles. The minimum atomic E-state index is -0.192. The molecule has 0 aromatic rings. The lowest BCUT2D eigenvalue weighted by Crippen LogP contribution is -2.20. The highest BCUT2D eigenvalue weighted by molar-refractivity contribution is 5.70. The maximum Gasteiger partial charge on any atom is 0.305 e. The van der Waals surface area contributed by atoms with Crippen LogP contribution in [0.5, 0.6) is 0 Å². The molecule has 0 aliphatic carbocycles. The van der Waals surface area contributed by atoms with Gasteiger partial charge >= 0.3 is 23.9 Å². The average molecular weight is 697 g/mol. The van der Waals surface area contributed by atoms with E-state index < -0.39 is 0 Å². The first kappa shape index (κ1) is 46.9. The standard InChI is InChI=1S/C41H76O8/c1-4-7-9-11-21-27-33-46-38(42)29-23-17-13-15-19-25-31-40(44)48-35-37(6-3)36-49-41(45)32-26-20-16-14-18-24-30-39(43)47-34-28-22-12-10-8-5-2/h37H,4-36H2,1-3H3. The van der Waals surface area contributed by atoms with Gasteiger partial charge in [-0.3, -0.25) is 19.2 Å². The molecular formula is C41H76O8. The molecule has 0 aliphatic heterocycles. The van der Waals surface area contributed by atoms with Crippen molar-refractivity contribution in [3.8, 4) is 0 Å². The Bertz CT molecular complexity index is 721. The molecule has 0 aromatic heterocycles. The van der Waals surface area contributed by atoms with E-state index in [0.717, 1.165) is 109 Å². The Morgan fingerprint density at radius 1 is 0.347 bits per heavy atom. The number of rotatable bonds is 37. The van der Waals surface area contributed by atoms with Gasteiger partial charge in [-0.15, -0.1) is 0 Å². The van der Waals surface area contributed by atoms with Crippen LogP contribution in [0.25, 0.3) is 0 Å². The number of unbranched alkanes of at least 4 members (excludes halogenated alkanes) is 20. The van der Waals surface area contributed by atoms with E-state index in [0.29, 0.717) is 38.9 Å². The molecule has 8 heteroatoms. The molecule has 0 bridgehead atoms. The maximum absolute atomic E-state index is 12.2. The molecule has 0 rings (SSSR count). The van der Waals surface area contributed by atoms with Crippen LogP contribution in [0.1, 0.15) is 207 Å². The summed E-state index contributed by atoms with van der Waals surface area (Å²) in [4.78, 5) is 48.0. The molecule has 0 spiro atoms. The third-order valence-corrected chi connectivity index (χ3v) is 9.08. The van der Waals surface area contributed by atoms with Crippen LogP contribution in [0.3, 0.4) is 0 Å². The third kappa shape index (κ3) is 35.5. The summed E-state index contributed by atoms with van der Waals surface area (Å²) in [5.41, 5.74) is 0. The van der Waals surface area contributed by atoms with Crippen LogP contribution in [0.2, 0.25) is 0 Å². The topological polar surface area (TPSA) is 105 Å². The number of esters is 4. The first-order valence-electron chi connectivity index (χ1n) is 20.5. The van der Waals surface area contributed by atoms with Crippen LogP contribution in [-0.2, 0) is 38.1 Å². The molecule has 0 unspecified atom stereocenters. The lowest BCUT2D eigenvalue weighted by Gasteiger charge is -2.15. The second-order valence-electron chi connectivity index (χ2n) is 13.9. The van der Waals surface area contributed by atoms with E-state index in [4.69, 9.17) is 18.9 Å². The SMILES string of the molecule is CCCCCCCCOC(=O)CCCCCCCCC(=O)OCC(CC)COC(=O)CCCCCCCCC(=O)OCCCCCCCC. The van der Waals surface area contributed by atoms with Crippen molar-refractivity contribution < 1.29 is 38.1 Å². The minimum absolute atomic E-state index is 0.0165. The highest BCUT2D eigenvalue weighted by Gasteiger charge is 2.13. The van der Waals surface area contributed by atoms with Crippen molar-refractivity contribution in [2.75, 3.05) is 26.4 Å². The number of hydrogen-bond donors (Lipinski definition) is 0. The number of carbonyl (C=O) groups is 4. The van der Waals surface area contributed by atoms with Crippen molar-refractivity contribution >= 4 is 23.9 Å². The van der Waals surface area contributed by atoms with Crippen LogP contribution in [-0.4, -0.2) is 50.3 Å². The van der Waals surface area contributed by atoms with Crippen molar-refractivity contribution in [3.05, 3.63) is 0 Å². The summed E-state index contributed by atoms with van der Waals surface area (Å²) < 4.78 is 21.6. The van der Waals surface area contributed by atoms with E-state index in [-0.39, 0.29) is 43.0 Å². The molecular weight excluding hydrogens is 620 g/mol. The van der Waals surface area contributed by atoms with E-state index in [9.17, 15) is 19.2 Å². The van der Waals surface area contributed by atoms with Crippen molar-refractivity contribution in [3.63, 3.8) is 0 Å². The number of carbonyl (C=O) groups excluding carboxylic acids is 4. The summed E-state index contributed by atoms with van der Waals surface area (Å²) in [6.45, 7) is 8.09. The zero-order chi connectivity index (χ0) is 36.0. The number of ether oxygens (including phenoxy) is 4. The minimum Gasteiger partial charge on any atom is -0.466 e. The van der Waals surface area contributed by atoms with Gasteiger partial charge in [0.05, 0.1) is 26.4 Å². The van der Waals surface area contributed by atoms with Gasteiger partial charge in [-0.2, -0.15) is 0 Å². The molecule has 288 valence electrons. The molecule has 0 atom stereocenters. The Labute approximate surface area is 300 Å². The van der Waals surface area contributed by atoms with Crippen LogP contribution in [0, 0.1) is 5.92 Å². The van der Waals surface area contributed by atoms with Crippen LogP contribution in [0.4, 0.5) is 0 Å². The van der Waals surface area contributed by atoms with Gasteiger partial charge in [-0.25, -0.2) is 0 Å². The third-order valence-electron chi connectivity index (χ3n) is 9.08. The largest absolute Gasteiger partial charge is 0.466 e. The van der Waals surface area contributed by atoms with Crippen LogP contribution in [0.15, 0.2) is 0 Å². The highest BCUT2D eigenvalue weighted by Crippen LogP contribution is 2.13. The van der Waals surface area contributed by atoms with Gasteiger partial charge in [0.1, 0.15) is 0 Å². The Balaban J connectivity index is 3.60. The van der Waals surface area contributed by atoms with E-state index in [2.05, 4.69) is 13.8 Å². The Morgan fingerprint density at radius 3 is 0.918 bits per heavy atom. The van der Waals surface area contributed by atoms with Gasteiger partial charge in [-0.1, -0.05) is 136 Å². The van der Waals surface area contributed by atoms with Crippen molar-refractivity contribution in [2.45, 2.75) is 207 Å². The zero-order valence-electron chi connectivity index (χ0n) is 32.2. The predicted octanol–water partition coefficient (Wildman–Crippen LogP) is 11.1. The first-order chi connectivity index (χ1) is 23.9. The summed E-state index contributed by atoms with van der Waals surface area (Å²) in [6.07, 6.45) is 28.4. The average Bonchev–Trinajstić information content (AvgIpc) is 3.09. The second kappa shape index (κ2) is 37.1. The molecule has 0 saturated heterocycles. The molecule has 0 fully saturated rings. The molecule has 49 heavy (non-hydrogen) atoms. The Morgan fingerprint density at radius 2 is 0.612 bits per heavy atom. The van der Waals surface area contributed by atoms with E-state index in [1.165, 1.54) is 51.4 Å². The fourth-order valence-corrected chi connectivity index (χ4v) is 5.62.